The first-order chi connectivity index (χ1) is 24.8. The van der Waals surface area contributed by atoms with Crippen molar-refractivity contribution in [2.45, 2.75) is 0 Å². The third-order valence-corrected chi connectivity index (χ3v) is 9.75. The largest absolute Gasteiger partial charge is 0.317 e. The molecule has 234 valence electrons. The Balaban J connectivity index is 1.17. The number of hydrogen-bond donors (Lipinski definition) is 0. The van der Waals surface area contributed by atoms with Crippen LogP contribution in [-0.2, 0) is 0 Å². The van der Waals surface area contributed by atoms with Gasteiger partial charge in [0.1, 0.15) is 0 Å². The van der Waals surface area contributed by atoms with Crippen LogP contribution in [0.3, 0.4) is 0 Å². The second-order valence-corrected chi connectivity index (χ2v) is 12.7. The zero-order valence-electron chi connectivity index (χ0n) is 27.1. The van der Waals surface area contributed by atoms with E-state index < -0.39 is 0 Å². The van der Waals surface area contributed by atoms with Gasteiger partial charge in [-0.3, -0.25) is 0 Å². The molecule has 0 aliphatic heterocycles. The maximum Gasteiger partial charge on any atom is 0.160 e. The van der Waals surface area contributed by atoms with Crippen LogP contribution in [0, 0.1) is 0 Å². The summed E-state index contributed by atoms with van der Waals surface area (Å²) >= 11 is 0. The highest BCUT2D eigenvalue weighted by atomic mass is 15.0. The lowest BCUT2D eigenvalue weighted by Crippen LogP contribution is -1.98. The van der Waals surface area contributed by atoms with Crippen molar-refractivity contribution < 1.29 is 0 Å². The molecular formula is C46H30N4. The average Bonchev–Trinajstić information content (AvgIpc) is 3.76. The third-order valence-electron chi connectivity index (χ3n) is 9.75. The van der Waals surface area contributed by atoms with E-state index in [1.54, 1.807) is 0 Å². The molecule has 10 aromatic rings. The molecule has 0 N–H and O–H groups in total. The molecule has 0 amide bonds. The van der Waals surface area contributed by atoms with Crippen molar-refractivity contribution in [2.24, 2.45) is 0 Å². The molecule has 0 fully saturated rings. The molecule has 0 radical (unpaired) electrons. The van der Waals surface area contributed by atoms with Gasteiger partial charge in [0.2, 0.25) is 0 Å². The van der Waals surface area contributed by atoms with Gasteiger partial charge in [-0.2, -0.15) is 0 Å². The number of aromatic nitrogens is 4. The Morgan fingerprint density at radius 1 is 0.400 bits per heavy atom. The molecule has 7 aromatic carbocycles. The normalized spacial score (nSPS) is 11.6. The molecule has 0 saturated carbocycles. The molecule has 50 heavy (non-hydrogen) atoms. The lowest BCUT2D eigenvalue weighted by Gasteiger charge is -2.14. The van der Waals surface area contributed by atoms with Crippen LogP contribution in [0.1, 0.15) is 0 Å². The van der Waals surface area contributed by atoms with E-state index in [2.05, 4.69) is 185 Å². The van der Waals surface area contributed by atoms with E-state index in [0.29, 0.717) is 5.82 Å². The van der Waals surface area contributed by atoms with E-state index in [0.717, 1.165) is 55.7 Å². The minimum Gasteiger partial charge on any atom is -0.317 e. The summed E-state index contributed by atoms with van der Waals surface area (Å²) in [5.41, 5.74) is 11.9. The molecule has 10 rings (SSSR count). The molecule has 0 spiro atoms. The number of para-hydroxylation sites is 3. The number of benzene rings is 7. The van der Waals surface area contributed by atoms with E-state index in [9.17, 15) is 0 Å². The van der Waals surface area contributed by atoms with Crippen molar-refractivity contribution in [3.05, 3.63) is 182 Å². The van der Waals surface area contributed by atoms with Gasteiger partial charge in [-0.25, -0.2) is 9.97 Å². The van der Waals surface area contributed by atoms with Crippen molar-refractivity contribution >= 4 is 43.6 Å². The molecule has 0 atom stereocenters. The fourth-order valence-corrected chi connectivity index (χ4v) is 7.44. The molecular weight excluding hydrogens is 609 g/mol. The van der Waals surface area contributed by atoms with Crippen LogP contribution < -0.4 is 0 Å². The van der Waals surface area contributed by atoms with E-state index >= 15 is 0 Å². The van der Waals surface area contributed by atoms with Gasteiger partial charge in [-0.05, 0) is 65.7 Å². The van der Waals surface area contributed by atoms with E-state index in [1.165, 1.54) is 27.2 Å². The van der Waals surface area contributed by atoms with Crippen LogP contribution in [0.15, 0.2) is 182 Å². The van der Waals surface area contributed by atoms with E-state index in [4.69, 9.17) is 9.97 Å². The van der Waals surface area contributed by atoms with Crippen LogP contribution in [0.2, 0.25) is 0 Å². The van der Waals surface area contributed by atoms with Gasteiger partial charge in [-0.15, -0.1) is 0 Å². The van der Waals surface area contributed by atoms with E-state index in [1.807, 2.05) is 6.07 Å². The highest BCUT2D eigenvalue weighted by Gasteiger charge is 2.18. The zero-order valence-corrected chi connectivity index (χ0v) is 27.1. The molecule has 3 heterocycles. The summed E-state index contributed by atoms with van der Waals surface area (Å²) in [7, 11) is 0. The number of rotatable bonds is 5. The Hall–Kier alpha value is -6.78. The molecule has 4 heteroatoms. The van der Waals surface area contributed by atoms with Gasteiger partial charge in [0.25, 0.3) is 0 Å². The van der Waals surface area contributed by atoms with Crippen LogP contribution in [0.5, 0.6) is 0 Å². The van der Waals surface area contributed by atoms with Gasteiger partial charge < -0.3 is 9.13 Å². The minimum absolute atomic E-state index is 0.700. The maximum atomic E-state index is 5.32. The van der Waals surface area contributed by atoms with Crippen LogP contribution in [-0.4, -0.2) is 19.1 Å². The maximum absolute atomic E-state index is 5.32. The summed E-state index contributed by atoms with van der Waals surface area (Å²) < 4.78 is 4.65. The summed E-state index contributed by atoms with van der Waals surface area (Å²) in [6, 6.07) is 62.1. The van der Waals surface area contributed by atoms with E-state index in [-0.39, 0.29) is 0 Å². The number of nitrogens with zero attached hydrogens (tertiary/aromatic N) is 4. The van der Waals surface area contributed by atoms with Crippen LogP contribution in [0.25, 0.3) is 88.8 Å². The summed E-state index contributed by atoms with van der Waals surface area (Å²) in [5.74, 6) is 0.700. The Kier molecular flexibility index (Phi) is 6.46. The third kappa shape index (κ3) is 4.54. The molecule has 4 nitrogen and oxygen atoms in total. The summed E-state index contributed by atoms with van der Waals surface area (Å²) in [5, 5.41) is 4.67. The lowest BCUT2D eigenvalue weighted by molar-refractivity contribution is 1.13. The first kappa shape index (κ1) is 28.3. The van der Waals surface area contributed by atoms with Crippen molar-refractivity contribution in [2.75, 3.05) is 0 Å². The SMILES string of the molecule is c1ccc(-c2ccccc2-c2nc(-c3cccc(-n4c5ccccc5c5cc6c(ccn6-c6ccccc6)cc54)c3)nc3ccccc23)cc1. The highest BCUT2D eigenvalue weighted by molar-refractivity contribution is 6.13. The fourth-order valence-electron chi connectivity index (χ4n) is 7.44. The molecule has 0 aliphatic carbocycles. The predicted molar refractivity (Wildman–Crippen MR) is 207 cm³/mol. The molecule has 3 aromatic heterocycles. The van der Waals surface area contributed by atoms with Gasteiger partial charge in [-0.1, -0.05) is 121 Å². The van der Waals surface area contributed by atoms with Crippen LogP contribution in [0.4, 0.5) is 0 Å². The lowest BCUT2D eigenvalue weighted by atomic mass is 9.95. The van der Waals surface area contributed by atoms with Crippen LogP contribution >= 0.6 is 0 Å². The second-order valence-electron chi connectivity index (χ2n) is 12.7. The Bertz CT molecular complexity index is 2860. The topological polar surface area (TPSA) is 35.6 Å². The second kappa shape index (κ2) is 11.4. The van der Waals surface area contributed by atoms with Crippen molar-refractivity contribution in [3.63, 3.8) is 0 Å². The van der Waals surface area contributed by atoms with Gasteiger partial charge in [0.05, 0.1) is 27.8 Å². The Morgan fingerprint density at radius 3 is 1.94 bits per heavy atom. The Labute approximate surface area is 289 Å². The molecule has 0 unspecified atom stereocenters. The molecule has 0 bridgehead atoms. The monoisotopic (exact) mass is 638 g/mol. The zero-order chi connectivity index (χ0) is 33.0. The first-order valence-electron chi connectivity index (χ1n) is 16.9. The molecule has 0 saturated heterocycles. The average molecular weight is 639 g/mol. The summed E-state index contributed by atoms with van der Waals surface area (Å²) in [6.45, 7) is 0. The fraction of sp³-hybridized carbons (Fsp3) is 0. The predicted octanol–water partition coefficient (Wildman–Crippen LogP) is 11.7. The van der Waals surface area contributed by atoms with Crippen molar-refractivity contribution in [3.8, 4) is 45.1 Å². The van der Waals surface area contributed by atoms with Gasteiger partial charge in [0, 0.05) is 50.2 Å². The van der Waals surface area contributed by atoms with Crippen molar-refractivity contribution in [1.82, 2.24) is 19.1 Å². The molecule has 0 aliphatic rings. The smallest absolute Gasteiger partial charge is 0.160 e. The quantitative estimate of drug-likeness (QED) is 0.188. The standard InChI is InChI=1S/C46H30N4/c1-3-14-31(15-4-1)36-20-7-8-22-38(36)45-39-23-9-11-24-41(39)47-46(48-45)33-16-13-19-35(28-33)50-42-25-12-10-21-37(42)40-30-43-32(29-44(40)50)26-27-49(43)34-17-5-2-6-18-34/h1-30H. The van der Waals surface area contributed by atoms with Gasteiger partial charge in [0.15, 0.2) is 5.82 Å². The number of hydrogen-bond acceptors (Lipinski definition) is 2. The minimum atomic E-state index is 0.700. The van der Waals surface area contributed by atoms with Crippen molar-refractivity contribution in [1.29, 1.82) is 0 Å². The summed E-state index contributed by atoms with van der Waals surface area (Å²) in [4.78, 5) is 10.5. The van der Waals surface area contributed by atoms with Gasteiger partial charge >= 0.3 is 0 Å². The Morgan fingerprint density at radius 2 is 1.08 bits per heavy atom. The summed E-state index contributed by atoms with van der Waals surface area (Å²) in [6.07, 6.45) is 2.16. The highest BCUT2D eigenvalue weighted by Crippen LogP contribution is 2.38. The number of fused-ring (bicyclic) bond motifs is 5. The first-order valence-corrected chi connectivity index (χ1v) is 16.9.